The Morgan fingerprint density at radius 1 is 0.636 bits per heavy atom. The van der Waals surface area contributed by atoms with Crippen molar-refractivity contribution in [2.45, 2.75) is 0 Å². The third-order valence-electron chi connectivity index (χ3n) is 2.17. The smallest absolute Gasteiger partial charge is 1.00 e. The average Bonchev–Trinajstić information content (AvgIpc) is 2.22. The second kappa shape index (κ2) is 14.6. The summed E-state index contributed by atoms with van der Waals surface area (Å²) in [5.41, 5.74) is 0. The maximum absolute atomic E-state index is 10.6. The normalized spacial score (nSPS) is 9.73. The Labute approximate surface area is 182 Å². The van der Waals surface area contributed by atoms with E-state index in [-0.39, 0.29) is 84.7 Å². The molecule has 0 atom stereocenters. The monoisotopic (exact) mass is 358 g/mol. The van der Waals surface area contributed by atoms with E-state index in [1.807, 2.05) is 0 Å². The maximum Gasteiger partial charge on any atom is 2.00 e. The fraction of sp³-hybridized carbons (Fsp3) is 0.600. The van der Waals surface area contributed by atoms with Crippen LogP contribution in [0.4, 0.5) is 0 Å². The maximum atomic E-state index is 10.6. The van der Waals surface area contributed by atoms with Gasteiger partial charge in [0.25, 0.3) is 0 Å². The van der Waals surface area contributed by atoms with Crippen LogP contribution in [-0.2, 0) is 19.2 Å². The van der Waals surface area contributed by atoms with Crippen LogP contribution in [0.2, 0.25) is 0 Å². The molecule has 0 aromatic heterocycles. The third-order valence-corrected chi connectivity index (χ3v) is 2.17. The molecule has 0 saturated carbocycles. The van der Waals surface area contributed by atoms with Crippen molar-refractivity contribution in [2.24, 2.45) is 0 Å². The Morgan fingerprint density at radius 2 is 0.818 bits per heavy atom. The molecular formula is C10H19CaN2NaO8. The molecule has 0 fully saturated rings. The van der Waals surface area contributed by atoms with Crippen LogP contribution < -0.4 is 29.6 Å². The number of hydrogen-bond acceptors (Lipinski definition) is 6. The van der Waals surface area contributed by atoms with Crippen LogP contribution in [0.1, 0.15) is 4.28 Å². The van der Waals surface area contributed by atoms with E-state index in [2.05, 4.69) is 0 Å². The predicted octanol–water partition coefficient (Wildman–Crippen LogP) is -5.11. The van der Waals surface area contributed by atoms with E-state index in [9.17, 15) is 19.2 Å². The van der Waals surface area contributed by atoms with Gasteiger partial charge in [-0.2, -0.15) is 0 Å². The first kappa shape index (κ1) is 26.9. The number of carboxylic acids is 4. The van der Waals surface area contributed by atoms with Gasteiger partial charge in [-0.05, 0) is 0 Å². The van der Waals surface area contributed by atoms with Gasteiger partial charge < -0.3 is 24.7 Å². The van der Waals surface area contributed by atoms with E-state index in [0.717, 1.165) is 9.80 Å². The number of aliphatic carboxylic acids is 4. The molecule has 0 rings (SSSR count). The SMILES string of the molecule is O=C(O)CN(CCN(CC(=O)O)CC(=O)O)CC(=O)O.[Ca+2].[H-].[H-].[H-].[Na+]. The van der Waals surface area contributed by atoms with Gasteiger partial charge in [0.2, 0.25) is 0 Å². The molecule has 0 bridgehead atoms. The largest absolute Gasteiger partial charge is 2.00 e. The Balaban J connectivity index is -0.000000180. The van der Waals surface area contributed by atoms with Crippen molar-refractivity contribution in [2.75, 3.05) is 39.3 Å². The molecule has 22 heavy (non-hydrogen) atoms. The molecule has 0 aromatic carbocycles. The van der Waals surface area contributed by atoms with E-state index in [0.29, 0.717) is 0 Å². The fourth-order valence-electron chi connectivity index (χ4n) is 1.48. The summed E-state index contributed by atoms with van der Waals surface area (Å²) in [6, 6.07) is 0. The second-order valence-corrected chi connectivity index (χ2v) is 4.00. The minimum Gasteiger partial charge on any atom is -1.00 e. The average molecular weight is 358 g/mol. The molecule has 0 aliphatic rings. The molecule has 0 saturated heterocycles. The molecule has 0 unspecified atom stereocenters. The molecule has 0 amide bonds. The van der Waals surface area contributed by atoms with Crippen LogP contribution in [0.3, 0.4) is 0 Å². The molecule has 0 heterocycles. The van der Waals surface area contributed by atoms with Gasteiger partial charge in [-0.3, -0.25) is 29.0 Å². The molecule has 0 radical (unpaired) electrons. The van der Waals surface area contributed by atoms with Crippen molar-refractivity contribution in [3.05, 3.63) is 0 Å². The number of carboxylic acid groups (broad SMARTS) is 4. The third kappa shape index (κ3) is 16.4. The Bertz CT molecular complexity index is 340. The van der Waals surface area contributed by atoms with Crippen LogP contribution in [0, 0.1) is 0 Å². The van der Waals surface area contributed by atoms with E-state index in [1.165, 1.54) is 0 Å². The summed E-state index contributed by atoms with van der Waals surface area (Å²) in [6.07, 6.45) is 0. The summed E-state index contributed by atoms with van der Waals surface area (Å²) < 4.78 is 0. The van der Waals surface area contributed by atoms with Gasteiger partial charge in [0.15, 0.2) is 0 Å². The van der Waals surface area contributed by atoms with Crippen LogP contribution in [0.5, 0.6) is 0 Å². The fourth-order valence-corrected chi connectivity index (χ4v) is 1.48. The van der Waals surface area contributed by atoms with E-state index >= 15 is 0 Å². The van der Waals surface area contributed by atoms with Gasteiger partial charge >= 0.3 is 91.2 Å². The molecule has 0 aliphatic heterocycles. The number of hydrogen-bond donors (Lipinski definition) is 4. The van der Waals surface area contributed by atoms with Gasteiger partial charge in [-0.15, -0.1) is 0 Å². The topological polar surface area (TPSA) is 156 Å². The zero-order valence-electron chi connectivity index (χ0n) is 15.3. The quantitative estimate of drug-likeness (QED) is 0.263. The summed E-state index contributed by atoms with van der Waals surface area (Å²) in [5, 5.41) is 34.5. The van der Waals surface area contributed by atoms with Gasteiger partial charge in [0, 0.05) is 13.1 Å². The van der Waals surface area contributed by atoms with E-state index in [4.69, 9.17) is 20.4 Å². The van der Waals surface area contributed by atoms with Crippen molar-refractivity contribution in [3.63, 3.8) is 0 Å². The summed E-state index contributed by atoms with van der Waals surface area (Å²) in [6.45, 7) is -2.25. The summed E-state index contributed by atoms with van der Waals surface area (Å²) >= 11 is 0. The predicted molar refractivity (Wildman–Crippen MR) is 72.5 cm³/mol. The standard InChI is InChI=1S/C10H16N2O8.Ca.Na.3H/c13-7(14)3-11(4-8(15)16)1-2-12(5-9(17)18)6-10(19)20;;;;;/h1-6H2,(H,13,14)(H,15,16)(H,17,18)(H,19,20);;;;;/q;+2;+1;3*-1. The minimum atomic E-state index is -1.23. The van der Waals surface area contributed by atoms with Crippen molar-refractivity contribution >= 4 is 61.6 Å². The molecule has 120 valence electrons. The molecular weight excluding hydrogens is 339 g/mol. The van der Waals surface area contributed by atoms with Crippen molar-refractivity contribution in [3.8, 4) is 0 Å². The molecule has 4 N–H and O–H groups in total. The first-order valence-corrected chi connectivity index (χ1v) is 5.52. The number of carbonyl (C=O) groups is 4. The number of nitrogens with zero attached hydrogens (tertiary/aromatic N) is 2. The van der Waals surface area contributed by atoms with Crippen LogP contribution >= 0.6 is 0 Å². The molecule has 0 spiro atoms. The first-order valence-electron chi connectivity index (χ1n) is 5.52. The van der Waals surface area contributed by atoms with E-state index < -0.39 is 50.1 Å². The zero-order chi connectivity index (χ0) is 15.7. The van der Waals surface area contributed by atoms with Gasteiger partial charge in [0.1, 0.15) is 0 Å². The molecule has 12 heteroatoms. The van der Waals surface area contributed by atoms with Gasteiger partial charge in [-0.1, -0.05) is 0 Å². The Kier molecular flexibility index (Phi) is 17.9. The van der Waals surface area contributed by atoms with Gasteiger partial charge in [-0.25, -0.2) is 0 Å². The van der Waals surface area contributed by atoms with Gasteiger partial charge in [0.05, 0.1) is 26.2 Å². The first-order chi connectivity index (χ1) is 9.20. The Hall–Kier alpha value is 0.0597. The number of rotatable bonds is 11. The Morgan fingerprint density at radius 3 is 0.955 bits per heavy atom. The molecule has 0 aromatic rings. The van der Waals surface area contributed by atoms with Crippen LogP contribution in [0.15, 0.2) is 0 Å². The van der Waals surface area contributed by atoms with Crippen molar-refractivity contribution < 1.29 is 73.4 Å². The van der Waals surface area contributed by atoms with Crippen LogP contribution in [-0.4, -0.2) is 131 Å². The summed E-state index contributed by atoms with van der Waals surface area (Å²) in [4.78, 5) is 44.4. The van der Waals surface area contributed by atoms with E-state index in [1.54, 1.807) is 0 Å². The summed E-state index contributed by atoms with van der Waals surface area (Å²) in [5.74, 6) is -4.91. The van der Waals surface area contributed by atoms with Crippen LogP contribution in [0.25, 0.3) is 0 Å². The minimum absolute atomic E-state index is 0. The zero-order valence-corrected chi connectivity index (χ0v) is 16.5. The molecule has 10 nitrogen and oxygen atoms in total. The molecule has 0 aliphatic carbocycles. The van der Waals surface area contributed by atoms with Crippen molar-refractivity contribution in [1.82, 2.24) is 9.80 Å². The second-order valence-electron chi connectivity index (χ2n) is 4.00. The van der Waals surface area contributed by atoms with Crippen molar-refractivity contribution in [1.29, 1.82) is 0 Å². The summed E-state index contributed by atoms with van der Waals surface area (Å²) in [7, 11) is 0.